The second-order valence-corrected chi connectivity index (χ2v) is 27.3. The molecule has 118 heavy (non-hydrogen) atoms. The summed E-state index contributed by atoms with van der Waals surface area (Å²) in [5.74, 6) is -6.85. The van der Waals surface area contributed by atoms with Crippen molar-refractivity contribution in [2.24, 2.45) is 0 Å². The molecule has 6 rings (SSSR count). The van der Waals surface area contributed by atoms with Gasteiger partial charge in [0.05, 0.1) is 165 Å². The number of amides is 8. The highest BCUT2D eigenvalue weighted by molar-refractivity contribution is 5.94. The number of carbonyl (C=O) groups is 8. The Bertz CT molecular complexity index is 3370. The lowest BCUT2D eigenvalue weighted by molar-refractivity contribution is -0.272. The number of nitrogens with one attached hydrogen (secondary N) is 8. The predicted octanol–water partition coefficient (Wildman–Crippen LogP) is -8.53. The van der Waals surface area contributed by atoms with Crippen LogP contribution >= 0.6 is 0 Å². The third-order valence-electron chi connectivity index (χ3n) is 18.2. The fraction of sp³-hybridized carbons (Fsp3) is 0.712. The van der Waals surface area contributed by atoms with E-state index in [0.717, 1.165) is 6.07 Å². The Hall–Kier alpha value is -7.89. The largest absolute Gasteiger partial charge is 0.504 e. The van der Waals surface area contributed by atoms with E-state index in [1.807, 2.05) is 0 Å². The van der Waals surface area contributed by atoms with E-state index in [1.54, 1.807) is 0 Å². The van der Waals surface area contributed by atoms with Crippen LogP contribution in [0.5, 0.6) is 17.2 Å². The summed E-state index contributed by atoms with van der Waals surface area (Å²) in [4.78, 5) is 115. The lowest BCUT2D eigenvalue weighted by atomic mass is 9.95. The van der Waals surface area contributed by atoms with Crippen LogP contribution in [0.3, 0.4) is 0 Å². The number of hydrogen-bond acceptors (Lipinski definition) is 37. The van der Waals surface area contributed by atoms with Gasteiger partial charge in [0, 0.05) is 77.0 Å². The number of phenolic OH excluding ortho intramolecular Hbond substituents is 3. The highest BCUT2D eigenvalue weighted by Crippen LogP contribution is 2.43. The summed E-state index contributed by atoms with van der Waals surface area (Å²) in [5, 5.41) is 144. The summed E-state index contributed by atoms with van der Waals surface area (Å²) >= 11 is 0. The number of aromatic hydroxyl groups is 3. The van der Waals surface area contributed by atoms with E-state index in [2.05, 4.69) is 42.5 Å². The first-order chi connectivity index (χ1) is 56.6. The summed E-state index contributed by atoms with van der Waals surface area (Å²) in [6.07, 6.45) is -17.2. The molecule has 1 aliphatic carbocycles. The Morgan fingerprint density at radius 3 is 1.13 bits per heavy atom. The number of rotatable bonds is 57. The fourth-order valence-corrected chi connectivity index (χ4v) is 12.2. The van der Waals surface area contributed by atoms with Crippen LogP contribution in [-0.4, -0.2) is 391 Å². The highest BCUT2D eigenvalue weighted by atomic mass is 16.7. The number of benzene rings is 2. The van der Waals surface area contributed by atoms with Crippen molar-refractivity contribution >= 4 is 58.2 Å². The number of phenols is 3. The van der Waals surface area contributed by atoms with Crippen LogP contribution in [0.15, 0.2) is 33.5 Å². The van der Waals surface area contributed by atoms with Gasteiger partial charge in [-0.05, 0) is 36.2 Å². The molecule has 0 radical (unpaired) electrons. The minimum Gasteiger partial charge on any atom is -0.504 e. The number of ether oxygens (including phenoxy) is 15. The third-order valence-corrected chi connectivity index (χ3v) is 18.2. The van der Waals surface area contributed by atoms with Crippen molar-refractivity contribution in [3.8, 4) is 28.6 Å². The van der Waals surface area contributed by atoms with E-state index in [0.29, 0.717) is 5.56 Å². The molecule has 45 heteroatoms. The Morgan fingerprint density at radius 2 is 0.763 bits per heavy atom. The molecule has 3 fully saturated rings. The number of hydrogen-bond donors (Lipinski definition) is 20. The molecular formula is C73H114N8O37. The monoisotopic (exact) mass is 1690 g/mol. The fourth-order valence-electron chi connectivity index (χ4n) is 12.2. The minimum atomic E-state index is -1.69. The second kappa shape index (κ2) is 53.0. The average Bonchev–Trinajstić information content (AvgIpc) is 0.749. The van der Waals surface area contributed by atoms with Crippen LogP contribution in [0.4, 0.5) is 0 Å². The molecule has 4 aliphatic heterocycles. The molecule has 1 unspecified atom stereocenters. The van der Waals surface area contributed by atoms with Gasteiger partial charge in [-0.1, -0.05) is 0 Å². The van der Waals surface area contributed by atoms with Crippen molar-refractivity contribution in [3.05, 3.63) is 40.1 Å². The lowest BCUT2D eigenvalue weighted by Crippen LogP contribution is -2.64. The summed E-state index contributed by atoms with van der Waals surface area (Å²) in [6.45, 7) is -0.233. The van der Waals surface area contributed by atoms with E-state index < -0.39 is 214 Å². The van der Waals surface area contributed by atoms with Gasteiger partial charge in [0.25, 0.3) is 0 Å². The first kappa shape index (κ1) is 98.9. The zero-order valence-electron chi connectivity index (χ0n) is 65.9. The van der Waals surface area contributed by atoms with Gasteiger partial charge in [0.15, 0.2) is 36.0 Å². The molecule has 0 spiro atoms. The Kier molecular flexibility index (Phi) is 44.4. The molecule has 3 saturated heterocycles. The van der Waals surface area contributed by atoms with Crippen LogP contribution in [0.2, 0.25) is 0 Å². The first-order valence-corrected chi connectivity index (χ1v) is 38.4. The van der Waals surface area contributed by atoms with E-state index in [9.17, 15) is 104 Å². The van der Waals surface area contributed by atoms with Gasteiger partial charge in [0.1, 0.15) is 78.6 Å². The van der Waals surface area contributed by atoms with Gasteiger partial charge in [0.2, 0.25) is 64.2 Å². The van der Waals surface area contributed by atoms with Gasteiger partial charge in [-0.15, -0.1) is 0 Å². The molecule has 0 aromatic heterocycles. The van der Waals surface area contributed by atoms with E-state index in [1.165, 1.54) is 39.0 Å². The van der Waals surface area contributed by atoms with E-state index in [4.69, 9.17) is 75.5 Å². The number of fused-ring (bicyclic) bond motifs is 2. The van der Waals surface area contributed by atoms with Crippen LogP contribution in [0.25, 0.3) is 22.3 Å². The van der Waals surface area contributed by atoms with Crippen LogP contribution in [0, 0.1) is 0 Å². The zero-order valence-corrected chi connectivity index (χ0v) is 65.9. The summed E-state index contributed by atoms with van der Waals surface area (Å²) in [5.41, 5.74) is -2.24. The van der Waals surface area contributed by atoms with Crippen molar-refractivity contribution in [2.75, 3.05) is 185 Å². The average molecular weight is 1700 g/mol. The van der Waals surface area contributed by atoms with Crippen molar-refractivity contribution < 1.29 is 175 Å². The van der Waals surface area contributed by atoms with Crippen molar-refractivity contribution in [3.63, 3.8) is 0 Å². The van der Waals surface area contributed by atoms with Gasteiger partial charge in [-0.2, -0.15) is 0 Å². The number of carbonyl (C=O) groups excluding carboxylic acids is 8. The van der Waals surface area contributed by atoms with Gasteiger partial charge in [-0.3, -0.25) is 43.2 Å². The second-order valence-electron chi connectivity index (χ2n) is 27.3. The van der Waals surface area contributed by atoms with Crippen LogP contribution < -0.4 is 48.0 Å². The molecule has 5 aliphatic rings. The number of aliphatic hydroxyl groups excluding tert-OH is 9. The maximum atomic E-state index is 14.1. The number of aryl methyl sites for hydroxylation is 1. The predicted molar refractivity (Wildman–Crippen MR) is 401 cm³/mol. The quantitative estimate of drug-likeness (QED) is 0.0142. The van der Waals surface area contributed by atoms with Crippen LogP contribution in [0.1, 0.15) is 52.0 Å². The Labute approximate surface area is 677 Å². The summed E-state index contributed by atoms with van der Waals surface area (Å²) < 4.78 is 90.6. The zero-order chi connectivity index (χ0) is 86.1. The van der Waals surface area contributed by atoms with Gasteiger partial charge >= 0.3 is 0 Å². The molecule has 45 nitrogen and oxygen atoms in total. The molecule has 0 bridgehead atoms. The third kappa shape index (κ3) is 32.9. The van der Waals surface area contributed by atoms with E-state index in [-0.39, 0.29) is 193 Å². The van der Waals surface area contributed by atoms with Crippen molar-refractivity contribution in [2.45, 2.75) is 150 Å². The minimum absolute atomic E-state index is 0.0210. The molecule has 15 atom stereocenters. The summed E-state index contributed by atoms with van der Waals surface area (Å²) in [6, 6.07) is 1.63. The molecular weight excluding hydrogens is 1580 g/mol. The SMILES string of the molecule is CC(=O)N[C@H]1[C@H](OCCOCCOCCNC(=O)CCOCC(COCCC(=O)NCCOCCOCCOC2O[C@H](CO)[C@H](O)[C@H](O)[C@H]2NC(C)=O)(COCCC(=O)NCCOCCOCCO[C@@H]2O[C@H](CO)[C@H](O)[C@H](O)[C@H]2NC(C)=O)NC(=O)CNC(=O)CCc2c3ccc(=O)c(O)c-3oc3c(O)c(O)ccc23)O[C@H](CO)[C@H](O)[C@@H]1O. The van der Waals surface area contributed by atoms with Crippen molar-refractivity contribution in [1.29, 1.82) is 0 Å². The Morgan fingerprint density at radius 1 is 0.407 bits per heavy atom. The van der Waals surface area contributed by atoms with Gasteiger partial charge in [-0.25, -0.2) is 0 Å². The normalized spacial score (nSPS) is 23.3. The maximum absolute atomic E-state index is 14.1. The molecule has 8 amide bonds. The standard InChI is InChI=1S/C73H114N8O37/c1-41(85)78-57-65(100)62(97)49(35-82)115-70(57)112-31-28-106-25-22-103-19-13-74-53(91)10-16-109-38-73(81-56(94)34-77-52(90)9-6-44-45-4-7-47(88)60(95)68(45)118-69-46(44)5-8-48(89)61(69)96,39-110-17-11-54(92)75-14-20-104-23-26-107-29-32-113-71-58(79-42(2)86)66(101)63(98)50(36-83)116-71)40-111-18-12-55(93)76-15-21-105-24-27-108-30-33-114-72-59(80-43(3)87)67(102)64(99)51(37-84)117-72/h4-5,7-8,49-51,57-59,62-67,70-72,82-84,88,95-102H,6,9-40H2,1-3H3,(H,74,91)(H,75,92)(H,76,93)(H,77,90)(H,78,85)(H,79,86)(H,80,87)(H,81,94)/t49-,50-,51-,57-,58-,59-,62+,63+,64+,65-,66-,67-,70-,71-,72?/m1/s1. The Balaban J connectivity index is 1.02. The van der Waals surface area contributed by atoms with Crippen molar-refractivity contribution in [1.82, 2.24) is 42.5 Å². The molecule has 0 saturated carbocycles. The van der Waals surface area contributed by atoms with Crippen LogP contribution in [-0.2, 0) is 116 Å². The highest BCUT2D eigenvalue weighted by Gasteiger charge is 2.48. The molecule has 20 N–H and O–H groups in total. The number of aliphatic hydroxyl groups is 9. The molecule has 1 aromatic carbocycles. The van der Waals surface area contributed by atoms with Gasteiger partial charge < -0.3 is 179 Å². The molecule has 4 heterocycles. The van der Waals surface area contributed by atoms with E-state index >= 15 is 0 Å². The first-order valence-electron chi connectivity index (χ1n) is 38.4. The maximum Gasteiger partial charge on any atom is 0.240 e. The molecule has 668 valence electrons. The smallest absolute Gasteiger partial charge is 0.240 e. The summed E-state index contributed by atoms with van der Waals surface area (Å²) in [7, 11) is 0. The molecule has 1 aromatic rings. The lowest BCUT2D eigenvalue weighted by Gasteiger charge is -2.42. The topological polar surface area (TPSA) is 644 Å².